The van der Waals surface area contributed by atoms with Crippen molar-refractivity contribution >= 4 is 12.0 Å². The highest BCUT2D eigenvalue weighted by Gasteiger charge is 2.46. The van der Waals surface area contributed by atoms with Gasteiger partial charge in [0.05, 0.1) is 6.61 Å². The highest BCUT2D eigenvalue weighted by atomic mass is 16.4. The molecule has 0 heterocycles. The Morgan fingerprint density at radius 2 is 2.12 bits per heavy atom. The first-order chi connectivity index (χ1) is 8.05. The molecule has 2 amide bonds. The van der Waals surface area contributed by atoms with Crippen LogP contribution in [0.4, 0.5) is 4.79 Å². The van der Waals surface area contributed by atoms with Gasteiger partial charge in [0.2, 0.25) is 0 Å². The minimum absolute atomic E-state index is 0.160. The van der Waals surface area contributed by atoms with Gasteiger partial charge >= 0.3 is 12.0 Å². The summed E-state index contributed by atoms with van der Waals surface area (Å²) in [6.45, 7) is 3.79. The van der Waals surface area contributed by atoms with E-state index in [0.717, 1.165) is 6.42 Å². The Bertz CT molecular complexity index is 313. The van der Waals surface area contributed by atoms with Crippen molar-refractivity contribution in [3.8, 4) is 0 Å². The number of carboxylic acid groups (broad SMARTS) is 1. The number of urea groups is 1. The van der Waals surface area contributed by atoms with Crippen LogP contribution in [0.5, 0.6) is 0 Å². The summed E-state index contributed by atoms with van der Waals surface area (Å²) in [6, 6.07) is -0.471. The number of hydrogen-bond acceptors (Lipinski definition) is 3. The number of aliphatic carboxylic acids is 1. The lowest BCUT2D eigenvalue weighted by molar-refractivity contribution is -0.148. The van der Waals surface area contributed by atoms with Crippen molar-refractivity contribution in [2.24, 2.45) is 0 Å². The number of carbonyl (C=O) groups excluding carboxylic acids is 1. The van der Waals surface area contributed by atoms with Crippen LogP contribution in [0.25, 0.3) is 0 Å². The van der Waals surface area contributed by atoms with Crippen LogP contribution in [-0.4, -0.2) is 52.3 Å². The van der Waals surface area contributed by atoms with Gasteiger partial charge in [0, 0.05) is 13.1 Å². The van der Waals surface area contributed by atoms with Crippen LogP contribution >= 0.6 is 0 Å². The smallest absolute Gasteiger partial charge is 0.329 e. The van der Waals surface area contributed by atoms with E-state index in [1.807, 2.05) is 0 Å². The normalized spacial score (nSPS) is 16.8. The van der Waals surface area contributed by atoms with Gasteiger partial charge in [-0.05, 0) is 19.3 Å². The SMILES string of the molecule is C=CCN(CCO)C(=O)NC1(C(=O)O)CCC1. The molecule has 1 saturated carbocycles. The van der Waals surface area contributed by atoms with Crippen molar-refractivity contribution in [1.29, 1.82) is 0 Å². The molecule has 0 saturated heterocycles. The monoisotopic (exact) mass is 242 g/mol. The summed E-state index contributed by atoms with van der Waals surface area (Å²) < 4.78 is 0. The summed E-state index contributed by atoms with van der Waals surface area (Å²) in [5.41, 5.74) is -1.12. The molecule has 0 spiro atoms. The van der Waals surface area contributed by atoms with Crippen LogP contribution in [0.3, 0.4) is 0 Å². The minimum atomic E-state index is -1.12. The molecule has 1 rings (SSSR count). The highest BCUT2D eigenvalue weighted by Crippen LogP contribution is 2.32. The molecule has 6 nitrogen and oxygen atoms in total. The summed E-state index contributed by atoms with van der Waals surface area (Å²) in [5, 5.41) is 20.4. The van der Waals surface area contributed by atoms with Crippen molar-refractivity contribution < 1.29 is 19.8 Å². The second-order valence-electron chi connectivity index (χ2n) is 4.13. The predicted octanol–water partition coefficient (Wildman–Crippen LogP) is 0.184. The van der Waals surface area contributed by atoms with E-state index >= 15 is 0 Å². The van der Waals surface area contributed by atoms with E-state index < -0.39 is 17.5 Å². The van der Waals surface area contributed by atoms with Gasteiger partial charge in [0.15, 0.2) is 0 Å². The quantitative estimate of drug-likeness (QED) is 0.580. The van der Waals surface area contributed by atoms with E-state index in [-0.39, 0.29) is 19.7 Å². The maximum absolute atomic E-state index is 11.8. The predicted molar refractivity (Wildman–Crippen MR) is 61.6 cm³/mol. The molecule has 0 aliphatic heterocycles. The Hall–Kier alpha value is -1.56. The van der Waals surface area contributed by atoms with E-state index in [0.29, 0.717) is 12.8 Å². The van der Waals surface area contributed by atoms with Gasteiger partial charge in [-0.2, -0.15) is 0 Å². The standard InChI is InChI=1S/C11H18N2O4/c1-2-6-13(7-8-14)10(17)12-11(9(15)16)4-3-5-11/h2,14H,1,3-8H2,(H,12,17)(H,15,16). The first-order valence-electron chi connectivity index (χ1n) is 5.58. The third kappa shape index (κ3) is 2.97. The van der Waals surface area contributed by atoms with E-state index in [4.69, 9.17) is 10.2 Å². The second kappa shape index (κ2) is 5.67. The van der Waals surface area contributed by atoms with Gasteiger partial charge in [-0.1, -0.05) is 6.08 Å². The third-order valence-electron chi connectivity index (χ3n) is 2.97. The van der Waals surface area contributed by atoms with Gasteiger partial charge in [0.1, 0.15) is 5.54 Å². The fourth-order valence-corrected chi connectivity index (χ4v) is 1.76. The number of rotatable bonds is 6. The Labute approximate surface area is 99.9 Å². The largest absolute Gasteiger partial charge is 0.480 e. The number of nitrogens with zero attached hydrogens (tertiary/aromatic N) is 1. The lowest BCUT2D eigenvalue weighted by atomic mass is 9.77. The molecule has 0 atom stereocenters. The van der Waals surface area contributed by atoms with Crippen LogP contribution in [0.2, 0.25) is 0 Å². The maximum Gasteiger partial charge on any atom is 0.329 e. The number of nitrogens with one attached hydrogen (secondary N) is 1. The van der Waals surface area contributed by atoms with E-state index in [1.54, 1.807) is 0 Å². The van der Waals surface area contributed by atoms with Crippen molar-refractivity contribution in [2.75, 3.05) is 19.7 Å². The summed E-state index contributed by atoms with van der Waals surface area (Å²) in [7, 11) is 0. The van der Waals surface area contributed by atoms with Gasteiger partial charge in [-0.25, -0.2) is 9.59 Å². The molecule has 6 heteroatoms. The Morgan fingerprint density at radius 3 is 2.47 bits per heavy atom. The van der Waals surface area contributed by atoms with Crippen LogP contribution in [0.1, 0.15) is 19.3 Å². The summed E-state index contributed by atoms with van der Waals surface area (Å²) >= 11 is 0. The summed E-state index contributed by atoms with van der Waals surface area (Å²) in [5.74, 6) is -1.00. The lowest BCUT2D eigenvalue weighted by Gasteiger charge is -2.39. The number of aliphatic hydroxyl groups excluding tert-OH is 1. The molecule has 3 N–H and O–H groups in total. The molecular formula is C11H18N2O4. The topological polar surface area (TPSA) is 89.9 Å². The zero-order chi connectivity index (χ0) is 12.9. The zero-order valence-electron chi connectivity index (χ0n) is 9.69. The van der Waals surface area contributed by atoms with E-state index in [2.05, 4.69) is 11.9 Å². The van der Waals surface area contributed by atoms with Gasteiger partial charge in [-0.15, -0.1) is 6.58 Å². The molecule has 1 aliphatic carbocycles. The minimum Gasteiger partial charge on any atom is -0.480 e. The van der Waals surface area contributed by atoms with Crippen LogP contribution in [-0.2, 0) is 4.79 Å². The Kier molecular flexibility index (Phi) is 4.51. The van der Waals surface area contributed by atoms with Gasteiger partial charge in [-0.3, -0.25) is 0 Å². The molecule has 1 fully saturated rings. The van der Waals surface area contributed by atoms with Crippen LogP contribution < -0.4 is 5.32 Å². The molecule has 1 aliphatic rings. The average Bonchev–Trinajstić information content (AvgIpc) is 2.22. The fraction of sp³-hybridized carbons (Fsp3) is 0.636. The third-order valence-corrected chi connectivity index (χ3v) is 2.97. The molecule has 0 aromatic rings. The number of carbonyl (C=O) groups is 2. The number of amides is 2. The Balaban J connectivity index is 2.62. The first kappa shape index (κ1) is 13.5. The molecular weight excluding hydrogens is 224 g/mol. The lowest BCUT2D eigenvalue weighted by Crippen LogP contribution is -2.61. The Morgan fingerprint density at radius 1 is 1.47 bits per heavy atom. The van der Waals surface area contributed by atoms with Crippen molar-refractivity contribution in [3.05, 3.63) is 12.7 Å². The average molecular weight is 242 g/mol. The van der Waals surface area contributed by atoms with Crippen molar-refractivity contribution in [2.45, 2.75) is 24.8 Å². The number of carboxylic acids is 1. The molecule has 0 aromatic heterocycles. The van der Waals surface area contributed by atoms with Gasteiger partial charge in [0.25, 0.3) is 0 Å². The molecule has 0 bridgehead atoms. The van der Waals surface area contributed by atoms with Crippen LogP contribution in [0.15, 0.2) is 12.7 Å². The second-order valence-corrected chi connectivity index (χ2v) is 4.13. The first-order valence-corrected chi connectivity index (χ1v) is 5.58. The highest BCUT2D eigenvalue weighted by molar-refractivity contribution is 5.87. The van der Waals surface area contributed by atoms with Crippen LogP contribution in [0, 0.1) is 0 Å². The molecule has 96 valence electrons. The molecule has 0 unspecified atom stereocenters. The van der Waals surface area contributed by atoms with Crippen molar-refractivity contribution in [1.82, 2.24) is 10.2 Å². The maximum atomic E-state index is 11.8. The zero-order valence-corrected chi connectivity index (χ0v) is 9.69. The summed E-state index contributed by atoms with van der Waals surface area (Å²) in [6.07, 6.45) is 3.24. The molecule has 17 heavy (non-hydrogen) atoms. The van der Waals surface area contributed by atoms with E-state index in [1.165, 1.54) is 11.0 Å². The number of hydrogen-bond donors (Lipinski definition) is 3. The summed E-state index contributed by atoms with van der Waals surface area (Å²) in [4.78, 5) is 24.2. The van der Waals surface area contributed by atoms with E-state index in [9.17, 15) is 9.59 Å². The fourth-order valence-electron chi connectivity index (χ4n) is 1.76. The number of aliphatic hydroxyl groups is 1. The molecule has 0 aromatic carbocycles. The molecule has 0 radical (unpaired) electrons. The van der Waals surface area contributed by atoms with Gasteiger partial charge < -0.3 is 20.4 Å². The van der Waals surface area contributed by atoms with Crippen molar-refractivity contribution in [3.63, 3.8) is 0 Å².